The van der Waals surface area contributed by atoms with Gasteiger partial charge in [-0.1, -0.05) is 6.07 Å². The van der Waals surface area contributed by atoms with Crippen LogP contribution in [0.5, 0.6) is 5.75 Å². The van der Waals surface area contributed by atoms with Crippen LogP contribution in [0, 0.1) is 0 Å². The molecule has 116 valence electrons. The molecule has 1 fully saturated rings. The van der Waals surface area contributed by atoms with Crippen molar-refractivity contribution < 1.29 is 62.1 Å². The number of aliphatic carboxylic acids is 1. The van der Waals surface area contributed by atoms with Gasteiger partial charge in [-0.15, -0.1) is 0 Å². The number of carboxylic acid groups (broad SMARTS) is 1. The van der Waals surface area contributed by atoms with Crippen LogP contribution < -0.4 is 39.4 Å². The van der Waals surface area contributed by atoms with Crippen LogP contribution >= 0.6 is 0 Å². The van der Waals surface area contributed by atoms with Crippen molar-refractivity contribution in [2.45, 2.75) is 31.0 Å². The molecule has 8 heteroatoms. The summed E-state index contributed by atoms with van der Waals surface area (Å²) < 4.78 is 47.6. The van der Waals surface area contributed by atoms with Crippen molar-refractivity contribution in [1.29, 1.82) is 0 Å². The number of benzene rings is 1. The van der Waals surface area contributed by atoms with E-state index in [1.165, 1.54) is 12.1 Å². The maximum absolute atomic E-state index is 12.5. The number of carboxylic acids is 1. The molecular weight excluding hydrogens is 312 g/mol. The number of hydrogen-bond acceptors (Lipinski definition) is 4. The maximum atomic E-state index is 12.5. The Balaban J connectivity index is 0.00000242. The second-order valence-electron chi connectivity index (χ2n) is 4.90. The van der Waals surface area contributed by atoms with Crippen molar-refractivity contribution in [3.63, 3.8) is 0 Å². The Morgan fingerprint density at radius 3 is 2.59 bits per heavy atom. The van der Waals surface area contributed by atoms with Gasteiger partial charge in [-0.25, -0.2) is 0 Å². The minimum atomic E-state index is -4.40. The zero-order valence-corrected chi connectivity index (χ0v) is 14.1. The molecular formula is C14H14F3NaO4. The Labute approximate surface area is 147 Å². The van der Waals surface area contributed by atoms with E-state index < -0.39 is 23.3 Å². The summed E-state index contributed by atoms with van der Waals surface area (Å²) in [5, 5.41) is 10.7. The molecule has 4 nitrogen and oxygen atoms in total. The van der Waals surface area contributed by atoms with Crippen molar-refractivity contribution >= 4 is 5.97 Å². The predicted octanol–water partition coefficient (Wildman–Crippen LogP) is -1.22. The van der Waals surface area contributed by atoms with Crippen LogP contribution in [-0.2, 0) is 15.7 Å². The molecule has 1 aromatic rings. The van der Waals surface area contributed by atoms with E-state index in [1.807, 2.05) is 0 Å². The zero-order chi connectivity index (χ0) is 15.5. The number of carbonyl (C=O) groups is 1. The first-order valence-corrected chi connectivity index (χ1v) is 6.49. The van der Waals surface area contributed by atoms with Gasteiger partial charge in [0.2, 0.25) is 0 Å². The molecule has 1 heterocycles. The summed E-state index contributed by atoms with van der Waals surface area (Å²) in [5.41, 5.74) is -1.92. The average molecular weight is 326 g/mol. The fourth-order valence-corrected chi connectivity index (χ4v) is 1.92. The van der Waals surface area contributed by atoms with Crippen molar-refractivity contribution in [1.82, 2.24) is 0 Å². The Morgan fingerprint density at radius 1 is 1.36 bits per heavy atom. The minimum Gasteiger partial charge on any atom is -0.547 e. The van der Waals surface area contributed by atoms with Crippen LogP contribution in [0.1, 0.15) is 24.8 Å². The maximum Gasteiger partial charge on any atom is 1.00 e. The van der Waals surface area contributed by atoms with Gasteiger partial charge in [0.05, 0.1) is 24.7 Å². The standard InChI is InChI=1S/C14H15F3O4.Na/c15-14(16,17)10-4-3-5-11(8-10)20-7-2-1-6-13(9-21-13)12(18)19;/h3-5,8H,1-2,6-7,9H2,(H,18,19);/q;+1/p-1. The van der Waals surface area contributed by atoms with Crippen molar-refractivity contribution in [2.24, 2.45) is 0 Å². The van der Waals surface area contributed by atoms with E-state index in [-0.39, 0.29) is 48.5 Å². The summed E-state index contributed by atoms with van der Waals surface area (Å²) in [6.45, 7) is 0.369. The SMILES string of the molecule is O=C([O-])C1(CCCCOc2cccc(C(F)(F)F)c2)CO1.[Na+]. The Kier molecular flexibility index (Phi) is 6.73. The van der Waals surface area contributed by atoms with Gasteiger partial charge < -0.3 is 19.4 Å². The van der Waals surface area contributed by atoms with Crippen LogP contribution in [0.4, 0.5) is 13.2 Å². The number of hydrogen-bond donors (Lipinski definition) is 0. The zero-order valence-electron chi connectivity index (χ0n) is 12.1. The third kappa shape index (κ3) is 5.15. The topological polar surface area (TPSA) is 61.9 Å². The Morgan fingerprint density at radius 2 is 2.05 bits per heavy atom. The van der Waals surface area contributed by atoms with E-state index in [4.69, 9.17) is 9.47 Å². The first-order chi connectivity index (χ1) is 9.83. The fourth-order valence-electron chi connectivity index (χ4n) is 1.92. The summed E-state index contributed by atoms with van der Waals surface area (Å²) in [4.78, 5) is 10.7. The molecule has 0 spiro atoms. The van der Waals surface area contributed by atoms with Gasteiger partial charge in [-0.2, -0.15) is 13.2 Å². The monoisotopic (exact) mass is 326 g/mol. The first-order valence-electron chi connectivity index (χ1n) is 6.49. The number of ether oxygens (including phenoxy) is 2. The number of rotatable bonds is 7. The van der Waals surface area contributed by atoms with Gasteiger partial charge in [-0.3, -0.25) is 0 Å². The third-order valence-corrected chi connectivity index (χ3v) is 3.27. The van der Waals surface area contributed by atoms with E-state index in [0.29, 0.717) is 19.3 Å². The van der Waals surface area contributed by atoms with Crippen LogP contribution in [0.15, 0.2) is 24.3 Å². The normalized spacial score (nSPS) is 20.1. The molecule has 1 saturated heterocycles. The minimum absolute atomic E-state index is 0. The molecule has 0 amide bonds. The Bertz CT molecular complexity index is 515. The summed E-state index contributed by atoms with van der Waals surface area (Å²) in [5.74, 6) is -1.08. The van der Waals surface area contributed by atoms with E-state index in [2.05, 4.69) is 0 Å². The van der Waals surface area contributed by atoms with Crippen molar-refractivity contribution in [3.8, 4) is 5.75 Å². The van der Waals surface area contributed by atoms with Crippen LogP contribution in [-0.4, -0.2) is 24.8 Å². The molecule has 1 aromatic carbocycles. The van der Waals surface area contributed by atoms with Crippen LogP contribution in [0.25, 0.3) is 0 Å². The van der Waals surface area contributed by atoms with Crippen LogP contribution in [0.3, 0.4) is 0 Å². The summed E-state index contributed by atoms with van der Waals surface area (Å²) in [6, 6.07) is 4.64. The number of unbranched alkanes of at least 4 members (excludes halogenated alkanes) is 1. The van der Waals surface area contributed by atoms with Crippen molar-refractivity contribution in [2.75, 3.05) is 13.2 Å². The Hall–Kier alpha value is -0.760. The van der Waals surface area contributed by atoms with Gasteiger partial charge in [0.25, 0.3) is 0 Å². The van der Waals surface area contributed by atoms with Crippen LogP contribution in [0.2, 0.25) is 0 Å². The summed E-state index contributed by atoms with van der Waals surface area (Å²) in [6.07, 6.45) is -3.02. The molecule has 0 radical (unpaired) electrons. The molecule has 22 heavy (non-hydrogen) atoms. The molecule has 1 aliphatic rings. The smallest absolute Gasteiger partial charge is 0.547 e. The quantitative estimate of drug-likeness (QED) is 0.358. The molecule has 2 rings (SSSR count). The largest absolute Gasteiger partial charge is 1.00 e. The van der Waals surface area contributed by atoms with Gasteiger partial charge in [0.15, 0.2) is 0 Å². The third-order valence-electron chi connectivity index (χ3n) is 3.27. The van der Waals surface area contributed by atoms with Gasteiger partial charge in [0, 0.05) is 0 Å². The summed E-state index contributed by atoms with van der Waals surface area (Å²) in [7, 11) is 0. The predicted molar refractivity (Wildman–Crippen MR) is 64.5 cm³/mol. The van der Waals surface area contributed by atoms with Crippen molar-refractivity contribution in [3.05, 3.63) is 29.8 Å². The number of halogens is 3. The molecule has 0 aromatic heterocycles. The first kappa shape index (κ1) is 19.3. The average Bonchev–Trinajstić information content (AvgIpc) is 3.19. The van der Waals surface area contributed by atoms with Gasteiger partial charge in [0.1, 0.15) is 11.4 Å². The van der Waals surface area contributed by atoms with E-state index >= 15 is 0 Å². The summed E-state index contributed by atoms with van der Waals surface area (Å²) >= 11 is 0. The van der Waals surface area contributed by atoms with Gasteiger partial charge >= 0.3 is 35.7 Å². The molecule has 1 atom stereocenters. The molecule has 0 bridgehead atoms. The molecule has 0 saturated carbocycles. The van der Waals surface area contributed by atoms with Gasteiger partial charge in [-0.05, 0) is 37.5 Å². The number of alkyl halides is 3. The van der Waals surface area contributed by atoms with E-state index in [9.17, 15) is 23.1 Å². The molecule has 0 aliphatic carbocycles. The molecule has 1 aliphatic heterocycles. The molecule has 1 unspecified atom stereocenters. The van der Waals surface area contributed by atoms with E-state index in [0.717, 1.165) is 12.1 Å². The number of epoxide rings is 1. The number of carbonyl (C=O) groups excluding carboxylic acids is 1. The molecule has 0 N–H and O–H groups in total. The van der Waals surface area contributed by atoms with E-state index in [1.54, 1.807) is 0 Å². The second kappa shape index (κ2) is 7.68. The second-order valence-corrected chi connectivity index (χ2v) is 4.90. The fraction of sp³-hybridized carbons (Fsp3) is 0.500.